The van der Waals surface area contributed by atoms with Gasteiger partial charge in [0.05, 0.1) is 0 Å². The van der Waals surface area contributed by atoms with Crippen molar-refractivity contribution >= 4 is 22.9 Å². The zero-order valence-electron chi connectivity index (χ0n) is 16.9. The van der Waals surface area contributed by atoms with Gasteiger partial charge in [-0.15, -0.1) is 0 Å². The molecule has 3 aromatic rings. The maximum Gasteiger partial charge on any atom is 0.189 e. The molecule has 1 aliphatic carbocycles. The molecule has 1 unspecified atom stereocenters. The van der Waals surface area contributed by atoms with E-state index in [1.54, 1.807) is 12.3 Å². The first-order valence-corrected chi connectivity index (χ1v) is 9.67. The molecular formula is C23H23FN6. The lowest BCUT2D eigenvalue weighted by Crippen LogP contribution is -2.12. The van der Waals surface area contributed by atoms with Crippen LogP contribution in [0.4, 0.5) is 10.2 Å². The molecule has 2 heterocycles. The second-order valence-corrected chi connectivity index (χ2v) is 7.32. The minimum atomic E-state index is -0.810. The lowest BCUT2D eigenvalue weighted by atomic mass is 9.92. The van der Waals surface area contributed by atoms with Crippen molar-refractivity contribution in [2.75, 3.05) is 5.32 Å². The molecule has 4 N–H and O–H groups in total. The number of hydrogen-bond acceptors (Lipinski definition) is 5. The summed E-state index contributed by atoms with van der Waals surface area (Å²) in [6, 6.07) is 10.2. The van der Waals surface area contributed by atoms with Gasteiger partial charge in [0.1, 0.15) is 5.82 Å². The molecule has 0 fully saturated rings. The number of halogens is 1. The predicted molar refractivity (Wildman–Crippen MR) is 119 cm³/mol. The van der Waals surface area contributed by atoms with Gasteiger partial charge in [-0.2, -0.15) is 4.39 Å². The van der Waals surface area contributed by atoms with Crippen molar-refractivity contribution in [3.05, 3.63) is 77.7 Å². The van der Waals surface area contributed by atoms with E-state index in [1.165, 1.54) is 11.1 Å². The van der Waals surface area contributed by atoms with Crippen LogP contribution in [0.3, 0.4) is 0 Å². The van der Waals surface area contributed by atoms with Crippen LogP contribution in [0.2, 0.25) is 0 Å². The molecule has 0 bridgehead atoms. The number of fused-ring (bicyclic) bond motifs is 1. The molecule has 0 aliphatic heterocycles. The second-order valence-electron chi connectivity index (χ2n) is 7.32. The van der Waals surface area contributed by atoms with Gasteiger partial charge in [-0.25, -0.2) is 9.97 Å². The highest BCUT2D eigenvalue weighted by Crippen LogP contribution is 2.27. The number of benzene rings is 1. The van der Waals surface area contributed by atoms with Crippen molar-refractivity contribution in [2.24, 2.45) is 18.7 Å². The summed E-state index contributed by atoms with van der Waals surface area (Å²) < 4.78 is 15.5. The molecule has 1 atom stereocenters. The maximum absolute atomic E-state index is 13.3. The van der Waals surface area contributed by atoms with E-state index in [-0.39, 0.29) is 11.5 Å². The van der Waals surface area contributed by atoms with E-state index in [4.69, 9.17) is 11.1 Å². The topological polar surface area (TPSA) is 92.6 Å². The number of aromatic nitrogens is 3. The number of aryl methyl sites for hydroxylation is 2. The predicted octanol–water partition coefficient (Wildman–Crippen LogP) is 4.60. The monoisotopic (exact) mass is 402 g/mol. The Morgan fingerprint density at radius 2 is 2.17 bits per heavy atom. The SMILES string of the molecule is Cc1cc2ccc(-c3nccc(NC4=CCC(/C(C=N)=C(/N)F)C=C4)n3)cc2n1C. The highest BCUT2D eigenvalue weighted by atomic mass is 19.1. The van der Waals surface area contributed by atoms with Crippen molar-refractivity contribution in [1.29, 1.82) is 5.41 Å². The van der Waals surface area contributed by atoms with Gasteiger partial charge < -0.3 is 21.0 Å². The average molecular weight is 402 g/mol. The van der Waals surface area contributed by atoms with E-state index in [0.29, 0.717) is 18.1 Å². The third kappa shape index (κ3) is 3.74. The van der Waals surface area contributed by atoms with E-state index in [0.717, 1.165) is 23.0 Å². The standard InChI is InChI=1S/C23H23FN6/c1-14-11-16-3-4-17(12-20(16)30(14)2)23-27-10-9-21(29-23)28-18-7-5-15(6-8-18)19(13-25)22(24)26/h3-5,7-13,15,25H,6,26H2,1-2H3,(H,27,28,29)/b22-19+,25-13?. The smallest absolute Gasteiger partial charge is 0.189 e. The van der Waals surface area contributed by atoms with Crippen molar-refractivity contribution < 1.29 is 4.39 Å². The Balaban J connectivity index is 1.54. The average Bonchev–Trinajstić information content (AvgIpc) is 3.03. The fourth-order valence-electron chi connectivity index (χ4n) is 3.62. The Bertz CT molecular complexity index is 1210. The zero-order chi connectivity index (χ0) is 21.3. The van der Waals surface area contributed by atoms with Crippen LogP contribution in [0.15, 0.2) is 72.0 Å². The van der Waals surface area contributed by atoms with Crippen LogP contribution in [-0.4, -0.2) is 20.7 Å². The molecule has 0 saturated carbocycles. The molecule has 0 amide bonds. The summed E-state index contributed by atoms with van der Waals surface area (Å²) in [5.41, 5.74) is 9.55. The molecule has 1 aromatic carbocycles. The second kappa shape index (κ2) is 7.94. The van der Waals surface area contributed by atoms with E-state index in [9.17, 15) is 4.39 Å². The zero-order valence-corrected chi connectivity index (χ0v) is 16.9. The molecule has 4 rings (SSSR count). The van der Waals surface area contributed by atoms with Crippen molar-refractivity contribution in [3.8, 4) is 11.4 Å². The van der Waals surface area contributed by atoms with Crippen LogP contribution in [-0.2, 0) is 7.05 Å². The Labute approximate surface area is 174 Å². The summed E-state index contributed by atoms with van der Waals surface area (Å²) >= 11 is 0. The lowest BCUT2D eigenvalue weighted by molar-refractivity contribution is 0.599. The molecule has 0 spiro atoms. The number of allylic oxidation sites excluding steroid dienone is 4. The van der Waals surface area contributed by atoms with E-state index < -0.39 is 5.95 Å². The van der Waals surface area contributed by atoms with Gasteiger partial charge >= 0.3 is 0 Å². The summed E-state index contributed by atoms with van der Waals surface area (Å²) in [6.45, 7) is 2.08. The quantitative estimate of drug-likeness (QED) is 0.429. The number of anilines is 1. The molecule has 0 saturated heterocycles. The number of nitrogens with two attached hydrogens (primary N) is 1. The van der Waals surface area contributed by atoms with Crippen LogP contribution < -0.4 is 11.1 Å². The lowest BCUT2D eigenvalue weighted by Gasteiger charge is -2.17. The van der Waals surface area contributed by atoms with Gasteiger partial charge in [0.2, 0.25) is 0 Å². The normalized spacial score (nSPS) is 16.9. The molecule has 0 radical (unpaired) electrons. The fourth-order valence-corrected chi connectivity index (χ4v) is 3.62. The number of nitrogens with one attached hydrogen (secondary N) is 2. The van der Waals surface area contributed by atoms with E-state index >= 15 is 0 Å². The summed E-state index contributed by atoms with van der Waals surface area (Å²) in [5.74, 6) is 0.262. The largest absolute Gasteiger partial charge is 0.375 e. The molecule has 152 valence electrons. The van der Waals surface area contributed by atoms with Gasteiger partial charge in [0.15, 0.2) is 11.8 Å². The Morgan fingerprint density at radius 1 is 1.33 bits per heavy atom. The van der Waals surface area contributed by atoms with Crippen LogP contribution in [0, 0.1) is 18.3 Å². The minimum Gasteiger partial charge on any atom is -0.375 e. The third-order valence-electron chi connectivity index (χ3n) is 5.40. The van der Waals surface area contributed by atoms with E-state index in [1.807, 2.05) is 31.3 Å². The number of nitrogens with zero attached hydrogens (tertiary/aromatic N) is 3. The van der Waals surface area contributed by atoms with Crippen molar-refractivity contribution in [2.45, 2.75) is 13.3 Å². The van der Waals surface area contributed by atoms with Crippen molar-refractivity contribution in [3.63, 3.8) is 0 Å². The van der Waals surface area contributed by atoms with Crippen LogP contribution in [0.1, 0.15) is 12.1 Å². The molecule has 7 heteroatoms. The van der Waals surface area contributed by atoms with Crippen LogP contribution >= 0.6 is 0 Å². The van der Waals surface area contributed by atoms with E-state index in [2.05, 4.69) is 45.0 Å². The molecule has 2 aromatic heterocycles. The molecule has 1 aliphatic rings. The highest BCUT2D eigenvalue weighted by molar-refractivity contribution is 5.85. The van der Waals surface area contributed by atoms with Gasteiger partial charge in [-0.05, 0) is 43.0 Å². The summed E-state index contributed by atoms with van der Waals surface area (Å²) in [6.07, 6.45) is 8.87. The van der Waals surface area contributed by atoms with Gasteiger partial charge in [-0.1, -0.05) is 24.3 Å². The molecule has 30 heavy (non-hydrogen) atoms. The fraction of sp³-hybridized carbons (Fsp3) is 0.174. The summed E-state index contributed by atoms with van der Waals surface area (Å²) in [7, 11) is 2.05. The Morgan fingerprint density at radius 3 is 2.87 bits per heavy atom. The Hall–Kier alpha value is -3.74. The van der Waals surface area contributed by atoms with Gasteiger partial charge in [-0.3, -0.25) is 0 Å². The van der Waals surface area contributed by atoms with Crippen LogP contribution in [0.5, 0.6) is 0 Å². The first-order chi connectivity index (χ1) is 14.5. The molecular weight excluding hydrogens is 379 g/mol. The van der Waals surface area contributed by atoms with Crippen LogP contribution in [0.25, 0.3) is 22.3 Å². The highest BCUT2D eigenvalue weighted by Gasteiger charge is 2.16. The van der Waals surface area contributed by atoms with Gasteiger partial charge in [0.25, 0.3) is 0 Å². The summed E-state index contributed by atoms with van der Waals surface area (Å²) in [4.78, 5) is 9.07. The third-order valence-corrected chi connectivity index (χ3v) is 5.40. The number of hydrogen-bond donors (Lipinski definition) is 3. The maximum atomic E-state index is 13.3. The molecule has 6 nitrogen and oxygen atoms in total. The first kappa shape index (κ1) is 19.6. The Kier molecular flexibility index (Phi) is 5.18. The van der Waals surface area contributed by atoms with Gasteiger partial charge in [0, 0.05) is 53.4 Å². The minimum absolute atomic E-state index is 0.192. The van der Waals surface area contributed by atoms with Crippen molar-refractivity contribution in [1.82, 2.24) is 14.5 Å². The number of rotatable bonds is 5. The summed E-state index contributed by atoms with van der Waals surface area (Å²) in [5, 5.41) is 11.8. The first-order valence-electron chi connectivity index (χ1n) is 9.67.